The average molecular weight is 368 g/mol. The van der Waals surface area contributed by atoms with Gasteiger partial charge in [-0.15, -0.1) is 0 Å². The summed E-state index contributed by atoms with van der Waals surface area (Å²) in [6, 6.07) is 7.44. The van der Waals surface area contributed by atoms with Crippen molar-refractivity contribution in [2.75, 3.05) is 0 Å². The number of aromatic amines is 1. The molecule has 0 saturated heterocycles. The predicted octanol–water partition coefficient (Wildman–Crippen LogP) is 2.64. The third-order valence-electron chi connectivity index (χ3n) is 5.18. The quantitative estimate of drug-likeness (QED) is 0.702. The van der Waals surface area contributed by atoms with Gasteiger partial charge in [-0.2, -0.15) is 0 Å². The third kappa shape index (κ3) is 5.67. The van der Waals surface area contributed by atoms with Gasteiger partial charge >= 0.3 is 0 Å². The van der Waals surface area contributed by atoms with E-state index in [1.165, 1.54) is 12.0 Å². The van der Waals surface area contributed by atoms with Crippen molar-refractivity contribution < 1.29 is 9.59 Å². The van der Waals surface area contributed by atoms with Crippen molar-refractivity contribution in [3.8, 4) is 0 Å². The first-order valence-electron chi connectivity index (χ1n) is 9.72. The molecular weight excluding hydrogens is 340 g/mol. The van der Waals surface area contributed by atoms with Crippen LogP contribution < -0.4 is 10.6 Å². The standard InChI is InChI=1S/C21H28N4O2/c1-15-7-9-16(10-8-15)12-23-21(27)19(11-18-13-22-14-24-18)25-20(26)17-5-3-2-4-6-17/h7-10,13-14,17,19H,2-6,11-12H2,1H3,(H,22,24)(H,23,27)(H,25,26). The van der Waals surface area contributed by atoms with Gasteiger partial charge in [0.05, 0.1) is 6.33 Å². The molecule has 0 bridgehead atoms. The van der Waals surface area contributed by atoms with Gasteiger partial charge in [0.2, 0.25) is 11.8 Å². The second-order valence-electron chi connectivity index (χ2n) is 7.38. The number of aromatic nitrogens is 2. The molecular formula is C21H28N4O2. The number of benzene rings is 1. The fourth-order valence-corrected chi connectivity index (χ4v) is 3.50. The van der Waals surface area contributed by atoms with Crippen molar-refractivity contribution in [2.24, 2.45) is 5.92 Å². The monoisotopic (exact) mass is 368 g/mol. The van der Waals surface area contributed by atoms with Gasteiger partial charge in [-0.25, -0.2) is 4.98 Å². The number of hydrogen-bond acceptors (Lipinski definition) is 3. The highest BCUT2D eigenvalue weighted by Crippen LogP contribution is 2.23. The molecule has 6 heteroatoms. The van der Waals surface area contributed by atoms with Crippen LogP contribution in [0.1, 0.15) is 48.9 Å². The Bertz CT molecular complexity index is 734. The van der Waals surface area contributed by atoms with Gasteiger partial charge in [-0.1, -0.05) is 49.1 Å². The highest BCUT2D eigenvalue weighted by atomic mass is 16.2. The van der Waals surface area contributed by atoms with Crippen LogP contribution in [0.2, 0.25) is 0 Å². The molecule has 0 aliphatic heterocycles. The maximum Gasteiger partial charge on any atom is 0.243 e. The molecule has 144 valence electrons. The minimum Gasteiger partial charge on any atom is -0.350 e. The van der Waals surface area contributed by atoms with Gasteiger partial charge < -0.3 is 15.6 Å². The Morgan fingerprint density at radius 1 is 1.19 bits per heavy atom. The van der Waals surface area contributed by atoms with Crippen LogP contribution in [0, 0.1) is 12.8 Å². The van der Waals surface area contributed by atoms with E-state index in [0.29, 0.717) is 13.0 Å². The van der Waals surface area contributed by atoms with E-state index >= 15 is 0 Å². The Balaban J connectivity index is 1.61. The summed E-state index contributed by atoms with van der Waals surface area (Å²) in [5.41, 5.74) is 3.05. The number of imidazole rings is 1. The molecule has 1 saturated carbocycles. The SMILES string of the molecule is Cc1ccc(CNC(=O)C(Cc2cnc[nH]2)NC(=O)C2CCCCC2)cc1. The minimum absolute atomic E-state index is 0.00954. The van der Waals surface area contributed by atoms with Crippen LogP contribution in [0.25, 0.3) is 0 Å². The number of nitrogens with one attached hydrogen (secondary N) is 3. The van der Waals surface area contributed by atoms with Crippen molar-refractivity contribution >= 4 is 11.8 Å². The summed E-state index contributed by atoms with van der Waals surface area (Å²) < 4.78 is 0. The normalized spacial score (nSPS) is 15.9. The van der Waals surface area contributed by atoms with E-state index in [1.807, 2.05) is 31.2 Å². The topological polar surface area (TPSA) is 86.9 Å². The summed E-state index contributed by atoms with van der Waals surface area (Å²) in [4.78, 5) is 32.4. The van der Waals surface area contributed by atoms with Crippen LogP contribution in [-0.4, -0.2) is 27.8 Å². The zero-order valence-corrected chi connectivity index (χ0v) is 15.8. The Morgan fingerprint density at radius 3 is 2.59 bits per heavy atom. The molecule has 2 aromatic rings. The van der Waals surface area contributed by atoms with Crippen LogP contribution in [-0.2, 0) is 22.6 Å². The maximum atomic E-state index is 12.8. The van der Waals surface area contributed by atoms with E-state index in [-0.39, 0.29) is 17.7 Å². The largest absolute Gasteiger partial charge is 0.350 e. The number of H-pyrrole nitrogens is 1. The number of rotatable bonds is 7. The molecule has 27 heavy (non-hydrogen) atoms. The molecule has 1 unspecified atom stereocenters. The number of nitrogens with zero attached hydrogens (tertiary/aromatic N) is 1. The highest BCUT2D eigenvalue weighted by molar-refractivity contribution is 5.88. The van der Waals surface area contributed by atoms with E-state index in [2.05, 4.69) is 20.6 Å². The van der Waals surface area contributed by atoms with E-state index in [9.17, 15) is 9.59 Å². The van der Waals surface area contributed by atoms with E-state index in [4.69, 9.17) is 0 Å². The summed E-state index contributed by atoms with van der Waals surface area (Å²) >= 11 is 0. The van der Waals surface area contributed by atoms with Crippen LogP contribution in [0.3, 0.4) is 0 Å². The molecule has 1 heterocycles. The molecule has 1 aromatic carbocycles. The second-order valence-corrected chi connectivity index (χ2v) is 7.38. The second kappa shape index (κ2) is 9.35. The van der Waals surface area contributed by atoms with Gasteiger partial charge in [0, 0.05) is 30.8 Å². The van der Waals surface area contributed by atoms with Gasteiger partial charge in [-0.3, -0.25) is 9.59 Å². The fraction of sp³-hybridized carbons (Fsp3) is 0.476. The van der Waals surface area contributed by atoms with E-state index in [1.54, 1.807) is 12.5 Å². The molecule has 3 rings (SSSR count). The van der Waals surface area contributed by atoms with Gasteiger partial charge in [0.15, 0.2) is 0 Å². The molecule has 1 aromatic heterocycles. The molecule has 1 aliphatic rings. The highest BCUT2D eigenvalue weighted by Gasteiger charge is 2.27. The molecule has 0 spiro atoms. The molecule has 1 atom stereocenters. The first-order valence-corrected chi connectivity index (χ1v) is 9.72. The Labute approximate surface area is 160 Å². The van der Waals surface area contributed by atoms with Crippen molar-refractivity contribution in [3.05, 3.63) is 53.6 Å². The summed E-state index contributed by atoms with van der Waals surface area (Å²) in [6.07, 6.45) is 8.86. The zero-order valence-electron chi connectivity index (χ0n) is 15.8. The number of hydrogen-bond donors (Lipinski definition) is 3. The van der Waals surface area contributed by atoms with Crippen LogP contribution in [0.15, 0.2) is 36.8 Å². The number of carbonyl (C=O) groups is 2. The summed E-state index contributed by atoms with van der Waals surface area (Å²) in [7, 11) is 0. The Hall–Kier alpha value is -2.63. The summed E-state index contributed by atoms with van der Waals surface area (Å²) in [5.74, 6) is -0.160. The predicted molar refractivity (Wildman–Crippen MR) is 104 cm³/mol. The summed E-state index contributed by atoms with van der Waals surface area (Å²) in [5, 5.41) is 5.92. The molecule has 1 aliphatic carbocycles. The maximum absolute atomic E-state index is 12.8. The van der Waals surface area contributed by atoms with Crippen molar-refractivity contribution in [1.29, 1.82) is 0 Å². The molecule has 6 nitrogen and oxygen atoms in total. The van der Waals surface area contributed by atoms with Crippen LogP contribution >= 0.6 is 0 Å². The number of carbonyl (C=O) groups excluding carboxylic acids is 2. The Morgan fingerprint density at radius 2 is 1.93 bits per heavy atom. The van der Waals surface area contributed by atoms with Crippen molar-refractivity contribution in [2.45, 2.75) is 58.0 Å². The van der Waals surface area contributed by atoms with E-state index in [0.717, 1.165) is 36.9 Å². The lowest BCUT2D eigenvalue weighted by molar-refractivity contribution is -0.131. The van der Waals surface area contributed by atoms with Crippen LogP contribution in [0.5, 0.6) is 0 Å². The fourth-order valence-electron chi connectivity index (χ4n) is 3.50. The average Bonchev–Trinajstić information content (AvgIpc) is 3.20. The lowest BCUT2D eigenvalue weighted by Gasteiger charge is -2.24. The van der Waals surface area contributed by atoms with Gasteiger partial charge in [0.25, 0.3) is 0 Å². The molecule has 0 radical (unpaired) electrons. The first kappa shape index (κ1) is 19.1. The molecule has 3 N–H and O–H groups in total. The van der Waals surface area contributed by atoms with Crippen molar-refractivity contribution in [3.63, 3.8) is 0 Å². The van der Waals surface area contributed by atoms with Crippen LogP contribution in [0.4, 0.5) is 0 Å². The molecule has 2 amide bonds. The van der Waals surface area contributed by atoms with Gasteiger partial charge in [0.1, 0.15) is 6.04 Å². The smallest absolute Gasteiger partial charge is 0.243 e. The summed E-state index contributed by atoms with van der Waals surface area (Å²) in [6.45, 7) is 2.47. The zero-order chi connectivity index (χ0) is 19.1. The van der Waals surface area contributed by atoms with Gasteiger partial charge in [-0.05, 0) is 25.3 Å². The van der Waals surface area contributed by atoms with E-state index < -0.39 is 6.04 Å². The number of aryl methyl sites for hydroxylation is 1. The Kier molecular flexibility index (Phi) is 6.63. The first-order chi connectivity index (χ1) is 13.1. The van der Waals surface area contributed by atoms with Crippen molar-refractivity contribution in [1.82, 2.24) is 20.6 Å². The minimum atomic E-state index is -0.606. The lowest BCUT2D eigenvalue weighted by Crippen LogP contribution is -2.49. The lowest BCUT2D eigenvalue weighted by atomic mass is 9.88. The number of amides is 2. The molecule has 1 fully saturated rings. The third-order valence-corrected chi connectivity index (χ3v) is 5.18.